The van der Waals surface area contributed by atoms with Gasteiger partial charge in [0.05, 0.1) is 14.7 Å². The molecule has 0 radical (unpaired) electrons. The van der Waals surface area contributed by atoms with Gasteiger partial charge in [-0.2, -0.15) is 0 Å². The fraction of sp³-hybridized carbons (Fsp3) is 0.444. The second-order valence-electron chi connectivity index (χ2n) is 7.76. The number of nitrogens with two attached hydrogens (primary N) is 1. The Balaban J connectivity index is 1.96. The van der Waals surface area contributed by atoms with E-state index in [9.17, 15) is 4.79 Å². The van der Waals surface area contributed by atoms with E-state index >= 15 is 0 Å². The molecule has 2 aromatic rings. The molecule has 1 aromatic heterocycles. The van der Waals surface area contributed by atoms with E-state index in [1.54, 1.807) is 6.07 Å². The van der Waals surface area contributed by atoms with Crippen molar-refractivity contribution in [2.45, 2.75) is 45.5 Å². The normalized spacial score (nSPS) is 12.4. The van der Waals surface area contributed by atoms with Crippen LogP contribution < -0.4 is 5.73 Å². The molecule has 0 spiro atoms. The monoisotopic (exact) mass is 346 g/mol. The van der Waals surface area contributed by atoms with E-state index in [0.717, 1.165) is 17.4 Å². The fourth-order valence-electron chi connectivity index (χ4n) is 1.94. The molecule has 0 saturated heterocycles. The molecule has 1 heterocycles. The van der Waals surface area contributed by atoms with E-state index in [0.29, 0.717) is 17.3 Å². The average Bonchev–Trinajstić information content (AvgIpc) is 2.96. The van der Waals surface area contributed by atoms with Gasteiger partial charge in [0.25, 0.3) is 5.91 Å². The minimum absolute atomic E-state index is 0.0618. The SMILES string of the molecule is CC(C)(C)[Si](C)(C)COCc1ccc(-c2cc(C(N)=O)on2)cc1. The minimum atomic E-state index is -1.42. The fourth-order valence-corrected chi connectivity index (χ4v) is 2.99. The van der Waals surface area contributed by atoms with Crippen LogP contribution in [0.1, 0.15) is 36.9 Å². The number of hydrogen-bond donors (Lipinski definition) is 1. The number of hydrogen-bond acceptors (Lipinski definition) is 4. The van der Waals surface area contributed by atoms with Gasteiger partial charge in [-0.15, -0.1) is 0 Å². The number of rotatable bonds is 6. The molecule has 0 saturated carbocycles. The third-order valence-electron chi connectivity index (χ3n) is 4.76. The molecule has 0 unspecified atom stereocenters. The van der Waals surface area contributed by atoms with Gasteiger partial charge in [0.15, 0.2) is 0 Å². The van der Waals surface area contributed by atoms with Crippen LogP contribution in [0.2, 0.25) is 18.1 Å². The van der Waals surface area contributed by atoms with Crippen molar-refractivity contribution in [2.24, 2.45) is 5.73 Å². The van der Waals surface area contributed by atoms with Crippen molar-refractivity contribution < 1.29 is 14.1 Å². The van der Waals surface area contributed by atoms with Crippen molar-refractivity contribution in [2.75, 3.05) is 6.23 Å². The summed E-state index contributed by atoms with van der Waals surface area (Å²) in [6.45, 7) is 12.2. The summed E-state index contributed by atoms with van der Waals surface area (Å²) in [5.74, 6) is -0.559. The standard InChI is InChI=1S/C18H26N2O3Si/c1-18(2,3)24(4,5)12-22-11-13-6-8-14(9-7-13)15-10-16(17(19)21)23-20-15/h6-10H,11-12H2,1-5H3,(H2,19,21). The molecule has 6 heteroatoms. The van der Waals surface area contributed by atoms with Crippen molar-refractivity contribution in [3.8, 4) is 11.3 Å². The van der Waals surface area contributed by atoms with Gasteiger partial charge in [-0.1, -0.05) is 63.3 Å². The van der Waals surface area contributed by atoms with Crippen LogP contribution in [-0.2, 0) is 11.3 Å². The predicted molar refractivity (Wildman–Crippen MR) is 97.3 cm³/mol. The highest BCUT2D eigenvalue weighted by Crippen LogP contribution is 2.36. The minimum Gasteiger partial charge on any atom is -0.380 e. The van der Waals surface area contributed by atoms with Gasteiger partial charge in [0, 0.05) is 17.9 Å². The zero-order valence-corrected chi connectivity index (χ0v) is 16.1. The predicted octanol–water partition coefficient (Wildman–Crippen LogP) is 4.00. The van der Waals surface area contributed by atoms with Crippen LogP contribution in [0.4, 0.5) is 0 Å². The zero-order valence-electron chi connectivity index (χ0n) is 15.1. The van der Waals surface area contributed by atoms with Gasteiger partial charge >= 0.3 is 0 Å². The lowest BCUT2D eigenvalue weighted by Crippen LogP contribution is -2.42. The Morgan fingerprint density at radius 2 is 1.88 bits per heavy atom. The number of nitrogens with zero attached hydrogens (tertiary/aromatic N) is 1. The maximum atomic E-state index is 11.0. The molecule has 0 aliphatic rings. The Labute approximate surface area is 144 Å². The molecule has 1 amide bonds. The van der Waals surface area contributed by atoms with Crippen molar-refractivity contribution in [1.82, 2.24) is 5.16 Å². The molecular formula is C18H26N2O3Si. The Kier molecular flexibility index (Phi) is 5.30. The van der Waals surface area contributed by atoms with E-state index in [1.165, 1.54) is 0 Å². The summed E-state index contributed by atoms with van der Waals surface area (Å²) in [5.41, 5.74) is 7.74. The maximum Gasteiger partial charge on any atom is 0.287 e. The first-order chi connectivity index (χ1) is 11.1. The van der Waals surface area contributed by atoms with Crippen LogP contribution in [0.25, 0.3) is 11.3 Å². The topological polar surface area (TPSA) is 78.4 Å². The second-order valence-corrected chi connectivity index (χ2v) is 13.3. The van der Waals surface area contributed by atoms with Gasteiger partial charge in [-0.25, -0.2) is 0 Å². The Morgan fingerprint density at radius 1 is 1.25 bits per heavy atom. The van der Waals surface area contributed by atoms with E-state index in [4.69, 9.17) is 15.0 Å². The molecular weight excluding hydrogens is 320 g/mol. The van der Waals surface area contributed by atoms with Crippen LogP contribution >= 0.6 is 0 Å². The Morgan fingerprint density at radius 3 is 2.38 bits per heavy atom. The molecule has 0 atom stereocenters. The molecule has 130 valence electrons. The molecule has 0 fully saturated rings. The van der Waals surface area contributed by atoms with Gasteiger partial charge < -0.3 is 15.0 Å². The number of carbonyl (C=O) groups excluding carboxylic acids is 1. The molecule has 2 N–H and O–H groups in total. The summed E-state index contributed by atoms with van der Waals surface area (Å²) in [4.78, 5) is 11.0. The number of primary amides is 1. The zero-order chi connectivity index (χ0) is 18.0. The van der Waals surface area contributed by atoms with Crippen molar-refractivity contribution >= 4 is 14.0 Å². The highest BCUT2D eigenvalue weighted by Gasteiger charge is 2.35. The second kappa shape index (κ2) is 6.90. The lowest BCUT2D eigenvalue weighted by atomic mass is 10.1. The molecule has 0 bridgehead atoms. The first-order valence-electron chi connectivity index (χ1n) is 8.04. The van der Waals surface area contributed by atoms with Gasteiger partial charge in [0.2, 0.25) is 5.76 Å². The molecule has 5 nitrogen and oxygen atoms in total. The van der Waals surface area contributed by atoms with E-state index in [1.807, 2.05) is 24.3 Å². The third kappa shape index (κ3) is 4.33. The lowest BCUT2D eigenvalue weighted by molar-refractivity contribution is 0.0965. The molecule has 0 aliphatic heterocycles. The summed E-state index contributed by atoms with van der Waals surface area (Å²) < 4.78 is 10.9. The number of ether oxygens (including phenoxy) is 1. The van der Waals surface area contributed by atoms with E-state index in [2.05, 4.69) is 39.0 Å². The molecule has 1 aromatic carbocycles. The highest BCUT2D eigenvalue weighted by molar-refractivity contribution is 6.80. The molecule has 24 heavy (non-hydrogen) atoms. The number of amides is 1. The van der Waals surface area contributed by atoms with Crippen LogP contribution in [0.5, 0.6) is 0 Å². The van der Waals surface area contributed by atoms with Crippen molar-refractivity contribution in [3.05, 3.63) is 41.7 Å². The first-order valence-corrected chi connectivity index (χ1v) is 11.2. The highest BCUT2D eigenvalue weighted by atomic mass is 28.3. The van der Waals surface area contributed by atoms with Gasteiger partial charge in [0.1, 0.15) is 5.69 Å². The number of carbonyl (C=O) groups is 1. The third-order valence-corrected chi connectivity index (χ3v) is 9.75. The van der Waals surface area contributed by atoms with Gasteiger partial charge in [-0.3, -0.25) is 4.79 Å². The summed E-state index contributed by atoms with van der Waals surface area (Å²) >= 11 is 0. The van der Waals surface area contributed by atoms with E-state index < -0.39 is 14.0 Å². The summed E-state index contributed by atoms with van der Waals surface area (Å²) in [6.07, 6.45) is 0.837. The lowest BCUT2D eigenvalue weighted by Gasteiger charge is -2.36. The number of benzene rings is 1. The Hall–Kier alpha value is -1.92. The van der Waals surface area contributed by atoms with Gasteiger partial charge in [-0.05, 0) is 10.6 Å². The summed E-state index contributed by atoms with van der Waals surface area (Å²) in [7, 11) is -1.42. The van der Waals surface area contributed by atoms with E-state index in [-0.39, 0.29) is 5.76 Å². The molecule has 2 rings (SSSR count). The van der Waals surface area contributed by atoms with Crippen LogP contribution in [-0.4, -0.2) is 25.4 Å². The van der Waals surface area contributed by atoms with Crippen LogP contribution in [0.3, 0.4) is 0 Å². The van der Waals surface area contributed by atoms with Crippen molar-refractivity contribution in [3.63, 3.8) is 0 Å². The quantitative estimate of drug-likeness (QED) is 0.802. The summed E-state index contributed by atoms with van der Waals surface area (Å²) in [5, 5.41) is 4.18. The number of aromatic nitrogens is 1. The van der Waals surface area contributed by atoms with Crippen LogP contribution in [0, 0.1) is 0 Å². The average molecular weight is 347 g/mol. The Bertz CT molecular complexity index is 700. The maximum absolute atomic E-state index is 11.0. The largest absolute Gasteiger partial charge is 0.380 e. The summed E-state index contributed by atoms with van der Waals surface area (Å²) in [6, 6.07) is 9.42. The van der Waals surface area contributed by atoms with Crippen molar-refractivity contribution in [1.29, 1.82) is 0 Å². The first kappa shape index (κ1) is 18.4. The van der Waals surface area contributed by atoms with Crippen LogP contribution in [0.15, 0.2) is 34.9 Å². The smallest absolute Gasteiger partial charge is 0.287 e. The molecule has 0 aliphatic carbocycles.